The lowest BCUT2D eigenvalue weighted by molar-refractivity contribution is 0.406. The Hall–Kier alpha value is -2.01. The largest absolute Gasteiger partial charge is 0.508 e. The van der Waals surface area contributed by atoms with Crippen molar-refractivity contribution in [2.75, 3.05) is 7.11 Å². The van der Waals surface area contributed by atoms with Crippen molar-refractivity contribution in [3.63, 3.8) is 0 Å². The summed E-state index contributed by atoms with van der Waals surface area (Å²) in [6.07, 6.45) is 5.31. The van der Waals surface area contributed by atoms with Crippen LogP contribution in [0.25, 0.3) is 0 Å². The van der Waals surface area contributed by atoms with E-state index in [9.17, 15) is 5.11 Å². The smallest absolute Gasteiger partial charge is 0.120 e. The molecule has 1 aliphatic carbocycles. The summed E-state index contributed by atoms with van der Waals surface area (Å²) < 4.78 is 7.17. The molecule has 1 aromatic heterocycles. The highest BCUT2D eigenvalue weighted by molar-refractivity contribution is 5.39. The van der Waals surface area contributed by atoms with Crippen molar-refractivity contribution < 1.29 is 9.84 Å². The monoisotopic (exact) mass is 287 g/mol. The van der Waals surface area contributed by atoms with Gasteiger partial charge in [-0.1, -0.05) is 0 Å². The van der Waals surface area contributed by atoms with Crippen molar-refractivity contribution in [2.45, 2.75) is 31.8 Å². The maximum absolute atomic E-state index is 9.95. The Balaban J connectivity index is 1.74. The molecule has 0 saturated carbocycles. The van der Waals surface area contributed by atoms with E-state index in [0.717, 1.165) is 30.6 Å². The van der Waals surface area contributed by atoms with Crippen molar-refractivity contribution in [3.8, 4) is 11.5 Å². The van der Waals surface area contributed by atoms with Crippen LogP contribution in [0.3, 0.4) is 0 Å². The first-order chi connectivity index (χ1) is 10.2. The predicted octanol–water partition coefficient (Wildman–Crippen LogP) is 2.30. The first kappa shape index (κ1) is 13.9. The predicted molar refractivity (Wildman–Crippen MR) is 80.4 cm³/mol. The number of benzene rings is 1. The van der Waals surface area contributed by atoms with Crippen LogP contribution in [0.1, 0.15) is 35.7 Å². The molecule has 5 heteroatoms. The summed E-state index contributed by atoms with van der Waals surface area (Å²) in [6, 6.07) is 5.60. The van der Waals surface area contributed by atoms with Crippen LogP contribution >= 0.6 is 0 Å². The summed E-state index contributed by atoms with van der Waals surface area (Å²) in [5.74, 6) is 1.06. The number of nitrogens with one attached hydrogen (secondary N) is 1. The molecule has 1 atom stereocenters. The van der Waals surface area contributed by atoms with E-state index in [1.54, 1.807) is 19.2 Å². The van der Waals surface area contributed by atoms with Crippen molar-refractivity contribution >= 4 is 0 Å². The second kappa shape index (κ2) is 5.77. The molecule has 1 aromatic carbocycles. The molecule has 1 heterocycles. The lowest BCUT2D eigenvalue weighted by atomic mass is 9.93. The van der Waals surface area contributed by atoms with Crippen LogP contribution in [0.15, 0.2) is 24.4 Å². The molecule has 5 nitrogen and oxygen atoms in total. The number of aromatic nitrogens is 2. The van der Waals surface area contributed by atoms with Crippen LogP contribution in [-0.4, -0.2) is 22.0 Å². The Morgan fingerprint density at radius 1 is 1.48 bits per heavy atom. The molecular formula is C16H21N3O2. The summed E-state index contributed by atoms with van der Waals surface area (Å²) in [5.41, 5.74) is 3.45. The number of phenols is 1. The van der Waals surface area contributed by atoms with Crippen molar-refractivity contribution in [2.24, 2.45) is 7.05 Å². The molecule has 0 fully saturated rings. The van der Waals surface area contributed by atoms with E-state index in [-0.39, 0.29) is 0 Å². The zero-order valence-corrected chi connectivity index (χ0v) is 12.5. The van der Waals surface area contributed by atoms with Gasteiger partial charge in [-0.25, -0.2) is 0 Å². The van der Waals surface area contributed by atoms with Crippen LogP contribution in [0, 0.1) is 0 Å². The van der Waals surface area contributed by atoms with E-state index in [1.807, 2.05) is 24.0 Å². The van der Waals surface area contributed by atoms with Crippen LogP contribution in [0.5, 0.6) is 11.5 Å². The van der Waals surface area contributed by atoms with Gasteiger partial charge in [0.15, 0.2) is 0 Å². The van der Waals surface area contributed by atoms with E-state index in [4.69, 9.17) is 4.74 Å². The topological polar surface area (TPSA) is 59.3 Å². The van der Waals surface area contributed by atoms with Gasteiger partial charge in [-0.05, 0) is 37.5 Å². The zero-order valence-electron chi connectivity index (χ0n) is 12.5. The minimum Gasteiger partial charge on any atom is -0.508 e. The summed E-state index contributed by atoms with van der Waals surface area (Å²) in [4.78, 5) is 0. The highest BCUT2D eigenvalue weighted by Crippen LogP contribution is 2.30. The number of rotatable bonds is 4. The van der Waals surface area contributed by atoms with Gasteiger partial charge in [0.2, 0.25) is 0 Å². The molecule has 3 rings (SSSR count). The highest BCUT2D eigenvalue weighted by Gasteiger charge is 2.23. The standard InChI is InChI=1S/C16H21N3O2/c1-19-15-5-3-4-14(13(15)10-18-19)17-9-11-8-12(21-2)6-7-16(11)20/h6-8,10,14,17,20H,3-5,9H2,1-2H3. The van der Waals surface area contributed by atoms with Crippen molar-refractivity contribution in [1.82, 2.24) is 15.1 Å². The first-order valence-corrected chi connectivity index (χ1v) is 7.29. The Morgan fingerprint density at radius 3 is 3.14 bits per heavy atom. The van der Waals surface area contributed by atoms with E-state index in [1.165, 1.54) is 11.3 Å². The van der Waals surface area contributed by atoms with Gasteiger partial charge in [0, 0.05) is 36.5 Å². The van der Waals surface area contributed by atoms with Crippen molar-refractivity contribution in [3.05, 3.63) is 41.2 Å². The second-order valence-corrected chi connectivity index (χ2v) is 5.49. The number of aryl methyl sites for hydroxylation is 1. The summed E-state index contributed by atoms with van der Waals surface area (Å²) in [7, 11) is 3.63. The number of ether oxygens (including phenoxy) is 1. The quantitative estimate of drug-likeness (QED) is 0.906. The van der Waals surface area contributed by atoms with Crippen LogP contribution in [0.4, 0.5) is 0 Å². The van der Waals surface area contributed by atoms with Gasteiger partial charge in [0.1, 0.15) is 11.5 Å². The molecule has 1 aliphatic rings. The minimum atomic E-state index is 0.297. The van der Waals surface area contributed by atoms with Crippen molar-refractivity contribution in [1.29, 1.82) is 0 Å². The third-order valence-electron chi connectivity index (χ3n) is 4.20. The number of fused-ring (bicyclic) bond motifs is 1. The zero-order chi connectivity index (χ0) is 14.8. The average Bonchev–Trinajstić information content (AvgIpc) is 2.89. The fourth-order valence-corrected chi connectivity index (χ4v) is 2.98. The summed E-state index contributed by atoms with van der Waals surface area (Å²) >= 11 is 0. The molecule has 0 saturated heterocycles. The van der Waals surface area contributed by atoms with Gasteiger partial charge >= 0.3 is 0 Å². The maximum atomic E-state index is 9.95. The molecule has 21 heavy (non-hydrogen) atoms. The van der Waals surface area contributed by atoms with Gasteiger partial charge in [0.05, 0.1) is 13.3 Å². The Morgan fingerprint density at radius 2 is 2.33 bits per heavy atom. The fraction of sp³-hybridized carbons (Fsp3) is 0.438. The van der Waals surface area contributed by atoms with E-state index < -0.39 is 0 Å². The van der Waals surface area contributed by atoms with Gasteiger partial charge in [-0.15, -0.1) is 0 Å². The number of phenolic OH excluding ortho intramolecular Hbond substituents is 1. The highest BCUT2D eigenvalue weighted by atomic mass is 16.5. The molecule has 0 amide bonds. The average molecular weight is 287 g/mol. The Bertz CT molecular complexity index is 636. The molecule has 0 spiro atoms. The van der Waals surface area contributed by atoms with E-state index in [2.05, 4.69) is 10.4 Å². The third kappa shape index (κ3) is 2.74. The lowest BCUT2D eigenvalue weighted by Crippen LogP contribution is -2.25. The normalized spacial score (nSPS) is 17.5. The van der Waals surface area contributed by atoms with Gasteiger partial charge < -0.3 is 15.2 Å². The first-order valence-electron chi connectivity index (χ1n) is 7.29. The number of nitrogens with zero attached hydrogens (tertiary/aromatic N) is 2. The van der Waals surface area contributed by atoms with Gasteiger partial charge in [0.25, 0.3) is 0 Å². The Labute approximate surface area is 124 Å². The van der Waals surface area contributed by atoms with E-state index in [0.29, 0.717) is 18.3 Å². The van der Waals surface area contributed by atoms with Crippen LogP contribution in [0.2, 0.25) is 0 Å². The summed E-state index contributed by atoms with van der Waals surface area (Å²) in [6.45, 7) is 0.613. The second-order valence-electron chi connectivity index (χ2n) is 5.49. The molecule has 0 bridgehead atoms. The van der Waals surface area contributed by atoms with Gasteiger partial charge in [-0.2, -0.15) is 5.10 Å². The number of aromatic hydroxyl groups is 1. The minimum absolute atomic E-state index is 0.297. The fourth-order valence-electron chi connectivity index (χ4n) is 2.98. The van der Waals surface area contributed by atoms with Gasteiger partial charge in [-0.3, -0.25) is 4.68 Å². The maximum Gasteiger partial charge on any atom is 0.120 e. The molecular weight excluding hydrogens is 266 g/mol. The number of hydrogen-bond acceptors (Lipinski definition) is 4. The molecule has 0 radical (unpaired) electrons. The summed E-state index contributed by atoms with van der Waals surface area (Å²) in [5, 5.41) is 17.8. The third-order valence-corrected chi connectivity index (χ3v) is 4.20. The molecule has 112 valence electrons. The lowest BCUT2D eigenvalue weighted by Gasteiger charge is -2.24. The molecule has 0 aliphatic heterocycles. The molecule has 2 N–H and O–H groups in total. The molecule has 2 aromatic rings. The van der Waals surface area contributed by atoms with Crippen LogP contribution in [-0.2, 0) is 20.0 Å². The van der Waals surface area contributed by atoms with E-state index >= 15 is 0 Å². The SMILES string of the molecule is COc1ccc(O)c(CNC2CCCc3c2cnn3C)c1. The number of methoxy groups -OCH3 is 1. The molecule has 1 unspecified atom stereocenters. The van der Waals surface area contributed by atoms with Crippen LogP contribution < -0.4 is 10.1 Å². The number of hydrogen-bond donors (Lipinski definition) is 2. The Kier molecular flexibility index (Phi) is 3.84.